The third kappa shape index (κ3) is 7.46. The monoisotopic (exact) mass is 588 g/mol. The minimum atomic E-state index is -0.611. The summed E-state index contributed by atoms with van der Waals surface area (Å²) in [5, 5.41) is 18.5. The predicted octanol–water partition coefficient (Wildman–Crippen LogP) is 4.47. The average Bonchev–Trinajstić information content (AvgIpc) is 3.71. The quantitative estimate of drug-likeness (QED) is 0.358. The van der Waals surface area contributed by atoms with Crippen molar-refractivity contribution in [2.24, 2.45) is 17.6 Å². The van der Waals surface area contributed by atoms with Crippen LogP contribution in [0.1, 0.15) is 70.8 Å². The summed E-state index contributed by atoms with van der Waals surface area (Å²) in [6.45, 7) is 4.98. The normalized spacial score (nSPS) is 22.6. The molecule has 1 aliphatic carbocycles. The highest BCUT2D eigenvalue weighted by Gasteiger charge is 2.39. The van der Waals surface area contributed by atoms with Crippen LogP contribution in [0.15, 0.2) is 52.4 Å². The van der Waals surface area contributed by atoms with Crippen LogP contribution in [-0.4, -0.2) is 58.5 Å². The third-order valence-electron chi connectivity index (χ3n) is 8.77. The first-order chi connectivity index (χ1) is 20.4. The highest BCUT2D eigenvalue weighted by molar-refractivity contribution is 7.09. The first-order valence-electron chi connectivity index (χ1n) is 14.9. The van der Waals surface area contributed by atoms with E-state index in [0.717, 1.165) is 50.8 Å². The number of carbonyl (C=O) groups excluding carboxylic acids is 2. The number of carbonyl (C=O) groups is 2. The lowest BCUT2D eigenvalue weighted by Crippen LogP contribution is -2.57. The molecule has 1 saturated heterocycles. The Kier molecular flexibility index (Phi) is 10.1. The number of thiophene rings is 1. The summed E-state index contributed by atoms with van der Waals surface area (Å²) < 4.78 is 5.18. The first-order valence-corrected chi connectivity index (χ1v) is 15.8. The Morgan fingerprint density at radius 2 is 1.90 bits per heavy atom. The van der Waals surface area contributed by atoms with E-state index in [0.29, 0.717) is 49.2 Å². The van der Waals surface area contributed by atoms with Gasteiger partial charge in [0.05, 0.1) is 11.6 Å². The first kappa shape index (κ1) is 30.0. The lowest BCUT2D eigenvalue weighted by Gasteiger charge is -2.42. The number of piperidine rings is 1. The van der Waals surface area contributed by atoms with E-state index in [1.54, 1.807) is 29.2 Å². The van der Waals surface area contributed by atoms with Crippen molar-refractivity contribution in [3.63, 3.8) is 0 Å². The molecule has 0 radical (unpaired) electrons. The average molecular weight is 589 g/mol. The summed E-state index contributed by atoms with van der Waals surface area (Å²) in [4.78, 5) is 32.7. The molecule has 1 saturated carbocycles. The van der Waals surface area contributed by atoms with Gasteiger partial charge in [0.15, 0.2) is 5.69 Å². The molecular formula is C32H40N6O3S. The van der Waals surface area contributed by atoms with Crippen LogP contribution in [0.4, 0.5) is 0 Å². The maximum absolute atomic E-state index is 13.8. The van der Waals surface area contributed by atoms with Crippen LogP contribution < -0.4 is 11.1 Å². The summed E-state index contributed by atoms with van der Waals surface area (Å²) in [6, 6.07) is 15.2. The van der Waals surface area contributed by atoms with E-state index in [1.807, 2.05) is 24.3 Å². The van der Waals surface area contributed by atoms with Gasteiger partial charge >= 0.3 is 0 Å². The van der Waals surface area contributed by atoms with E-state index < -0.39 is 6.04 Å². The second kappa shape index (κ2) is 14.1. The molecule has 2 aromatic heterocycles. The summed E-state index contributed by atoms with van der Waals surface area (Å²) in [6.07, 6.45) is 5.59. The molecule has 222 valence electrons. The van der Waals surface area contributed by atoms with Crippen molar-refractivity contribution in [3.8, 4) is 6.07 Å². The smallest absolute Gasteiger partial charge is 0.276 e. The SMILES string of the molecule is Cc1cc(C(=O)N2CCC(N(Cc3ccc(C#N)cc3)Cc3cccs3)C[C@@H]2C(=O)NCC2CCC(CN)CC2)no1. The molecule has 2 atom stereocenters. The van der Waals surface area contributed by atoms with Crippen LogP contribution in [0.3, 0.4) is 0 Å². The number of nitrogens with one attached hydrogen (secondary N) is 1. The number of aromatic nitrogens is 1. The summed E-state index contributed by atoms with van der Waals surface area (Å²) in [7, 11) is 0. The predicted molar refractivity (Wildman–Crippen MR) is 161 cm³/mol. The minimum Gasteiger partial charge on any atom is -0.361 e. The molecule has 10 heteroatoms. The van der Waals surface area contributed by atoms with E-state index in [9.17, 15) is 14.9 Å². The molecule has 5 rings (SSSR count). The molecule has 2 aliphatic rings. The lowest BCUT2D eigenvalue weighted by molar-refractivity contribution is -0.128. The van der Waals surface area contributed by atoms with E-state index in [2.05, 4.69) is 39.0 Å². The zero-order valence-electron chi connectivity index (χ0n) is 24.2. The molecule has 3 heterocycles. The Labute approximate surface area is 251 Å². The molecule has 0 bridgehead atoms. The van der Waals surface area contributed by atoms with Crippen LogP contribution >= 0.6 is 11.3 Å². The van der Waals surface area contributed by atoms with E-state index in [1.165, 1.54) is 4.88 Å². The zero-order valence-corrected chi connectivity index (χ0v) is 25.0. The molecule has 3 N–H and O–H groups in total. The van der Waals surface area contributed by atoms with Gasteiger partial charge in [-0.3, -0.25) is 14.5 Å². The molecule has 2 amide bonds. The Bertz CT molecular complexity index is 1360. The number of nitriles is 1. The third-order valence-corrected chi connectivity index (χ3v) is 9.64. The molecule has 2 fully saturated rings. The van der Waals surface area contributed by atoms with E-state index >= 15 is 0 Å². The van der Waals surface area contributed by atoms with E-state index in [-0.39, 0.29) is 23.6 Å². The van der Waals surface area contributed by atoms with Crippen molar-refractivity contribution in [1.82, 2.24) is 20.3 Å². The fraction of sp³-hybridized carbons (Fsp3) is 0.500. The van der Waals surface area contributed by atoms with Gasteiger partial charge in [-0.15, -0.1) is 11.3 Å². The molecule has 0 spiro atoms. The van der Waals surface area contributed by atoms with Gasteiger partial charge in [-0.05, 0) is 93.0 Å². The van der Waals surface area contributed by atoms with Crippen LogP contribution in [0.5, 0.6) is 0 Å². The van der Waals surface area contributed by atoms with Crippen LogP contribution in [0, 0.1) is 30.1 Å². The van der Waals surface area contributed by atoms with Crippen molar-refractivity contribution in [2.75, 3.05) is 19.6 Å². The highest BCUT2D eigenvalue weighted by atomic mass is 32.1. The maximum atomic E-state index is 13.8. The van der Waals surface area contributed by atoms with Crippen molar-refractivity contribution < 1.29 is 14.1 Å². The minimum absolute atomic E-state index is 0.0848. The molecule has 9 nitrogen and oxygen atoms in total. The number of hydrogen-bond donors (Lipinski definition) is 2. The number of likely N-dealkylation sites (tertiary alicyclic amines) is 1. The standard InChI is InChI=1S/C32H40N6O3S/c1-22-15-29(36-41-22)32(40)38-13-12-27(16-30(38)31(39)35-19-25-8-4-23(17-33)5-9-25)37(21-28-3-2-14-42-28)20-26-10-6-24(18-34)7-11-26/h2-3,6-7,10-11,14-15,23,25,27,30H,4-5,8-9,12-13,16-17,19-21,33H2,1H3,(H,35,39)/t23?,25?,27?,30-/m1/s1. The highest BCUT2D eigenvalue weighted by Crippen LogP contribution is 2.30. The van der Waals surface area contributed by atoms with Gasteiger partial charge in [0.25, 0.3) is 5.91 Å². The van der Waals surface area contributed by atoms with Gasteiger partial charge in [0.2, 0.25) is 5.91 Å². The second-order valence-electron chi connectivity index (χ2n) is 11.7. The summed E-state index contributed by atoms with van der Waals surface area (Å²) >= 11 is 1.71. The Morgan fingerprint density at radius 1 is 1.14 bits per heavy atom. The van der Waals surface area contributed by atoms with Gasteiger partial charge in [0, 0.05) is 43.2 Å². The van der Waals surface area contributed by atoms with Gasteiger partial charge in [-0.1, -0.05) is 23.4 Å². The fourth-order valence-corrected chi connectivity index (χ4v) is 6.98. The lowest BCUT2D eigenvalue weighted by atomic mass is 9.82. The number of nitrogens with two attached hydrogens (primary N) is 1. The van der Waals surface area contributed by atoms with Crippen molar-refractivity contribution in [1.29, 1.82) is 5.26 Å². The topological polar surface area (TPSA) is 128 Å². The Morgan fingerprint density at radius 3 is 2.55 bits per heavy atom. The van der Waals surface area contributed by atoms with Gasteiger partial charge < -0.3 is 20.5 Å². The van der Waals surface area contributed by atoms with E-state index in [4.69, 9.17) is 10.3 Å². The second-order valence-corrected chi connectivity index (χ2v) is 12.7. The van der Waals surface area contributed by atoms with Crippen molar-refractivity contribution >= 4 is 23.2 Å². The largest absolute Gasteiger partial charge is 0.361 e. The number of amides is 2. The van der Waals surface area contributed by atoms with Gasteiger partial charge in [0.1, 0.15) is 11.8 Å². The molecule has 1 unspecified atom stereocenters. The fourth-order valence-electron chi connectivity index (χ4n) is 6.25. The van der Waals surface area contributed by atoms with Gasteiger partial charge in [-0.25, -0.2) is 0 Å². The molecule has 3 aromatic rings. The number of aryl methyl sites for hydroxylation is 1. The van der Waals surface area contributed by atoms with Crippen molar-refractivity contribution in [3.05, 3.63) is 75.3 Å². The van der Waals surface area contributed by atoms with Gasteiger partial charge in [-0.2, -0.15) is 5.26 Å². The number of rotatable bonds is 10. The number of benzene rings is 1. The maximum Gasteiger partial charge on any atom is 0.276 e. The van der Waals surface area contributed by atoms with Crippen LogP contribution in [-0.2, 0) is 17.9 Å². The Balaban J connectivity index is 1.34. The molecule has 1 aliphatic heterocycles. The van der Waals surface area contributed by atoms with Crippen LogP contribution in [0.2, 0.25) is 0 Å². The Hall–Kier alpha value is -3.52. The number of hydrogen-bond acceptors (Lipinski definition) is 8. The zero-order chi connectivity index (χ0) is 29.5. The molecule has 1 aromatic carbocycles. The molecule has 42 heavy (non-hydrogen) atoms. The van der Waals surface area contributed by atoms with Crippen molar-refractivity contribution in [2.45, 2.75) is 70.6 Å². The summed E-state index contributed by atoms with van der Waals surface area (Å²) in [5.41, 5.74) is 7.84. The summed E-state index contributed by atoms with van der Waals surface area (Å²) in [5.74, 6) is 1.20. The molecular weight excluding hydrogens is 548 g/mol. The number of nitrogens with zero attached hydrogens (tertiary/aromatic N) is 4. The van der Waals surface area contributed by atoms with Crippen LogP contribution in [0.25, 0.3) is 0 Å².